The fraction of sp³-hybridized carbons (Fsp3) is 0.500. The second kappa shape index (κ2) is 9.32. The zero-order chi connectivity index (χ0) is 21.7. The van der Waals surface area contributed by atoms with Crippen LogP contribution in [0.3, 0.4) is 0 Å². The van der Waals surface area contributed by atoms with Crippen molar-refractivity contribution in [3.63, 3.8) is 0 Å². The molecule has 1 aliphatic heterocycles. The van der Waals surface area contributed by atoms with Crippen LogP contribution in [0.15, 0.2) is 28.4 Å². The summed E-state index contributed by atoms with van der Waals surface area (Å²) >= 11 is 0. The van der Waals surface area contributed by atoms with E-state index in [0.717, 1.165) is 18.4 Å². The predicted molar refractivity (Wildman–Crippen MR) is 96.9 cm³/mol. The monoisotopic (exact) mass is 410 g/mol. The highest BCUT2D eigenvalue weighted by Crippen LogP contribution is 2.33. The van der Waals surface area contributed by atoms with Crippen LogP contribution in [-0.2, 0) is 39.8 Å². The molecule has 11 heteroatoms. The Hall–Kier alpha value is -3.21. The van der Waals surface area contributed by atoms with Crippen molar-refractivity contribution in [1.29, 1.82) is 0 Å². The van der Waals surface area contributed by atoms with Gasteiger partial charge in [0, 0.05) is 32.5 Å². The molecule has 2 heterocycles. The molecule has 0 aromatic carbocycles. The van der Waals surface area contributed by atoms with Gasteiger partial charge in [0.25, 0.3) is 5.56 Å². The first kappa shape index (κ1) is 22.1. The number of allylic oxidation sites excluding steroid dienone is 1. The normalized spacial score (nSPS) is 23.3. The molecule has 0 bridgehead atoms. The summed E-state index contributed by atoms with van der Waals surface area (Å²) in [5, 5.41) is 0. The van der Waals surface area contributed by atoms with Gasteiger partial charge in [-0.1, -0.05) is 6.08 Å². The number of nitrogens with zero attached hydrogens (tertiary/aromatic N) is 1. The van der Waals surface area contributed by atoms with Gasteiger partial charge in [0.15, 0.2) is 18.4 Å². The van der Waals surface area contributed by atoms with Crippen LogP contribution in [0.2, 0.25) is 0 Å². The SMILES string of the molecule is C=CCc1cn([C@@H]2O[C@H](COC(C)=O)[C@H](OC(C)=O)[C@H]2OC(C)=O)c(=O)[nH]c1=O. The third-order valence-corrected chi connectivity index (χ3v) is 4.02. The second-order valence-electron chi connectivity index (χ2n) is 6.33. The number of aromatic nitrogens is 2. The molecule has 0 saturated carbocycles. The standard InChI is InChI=1S/C18H22N2O9/c1-5-6-12-7-20(18(25)19-16(12)24)17-15(28-11(4)23)14(27-10(3)22)13(29-17)8-26-9(2)21/h5,7,13-15,17H,1,6,8H2,2-4H3,(H,19,24,25)/t13-,14+,15-,17-/m1/s1. The molecule has 0 unspecified atom stereocenters. The fourth-order valence-electron chi connectivity index (χ4n) is 2.93. The Morgan fingerprint density at radius 1 is 1.14 bits per heavy atom. The second-order valence-corrected chi connectivity index (χ2v) is 6.33. The van der Waals surface area contributed by atoms with E-state index in [4.69, 9.17) is 18.9 Å². The molecular weight excluding hydrogens is 388 g/mol. The van der Waals surface area contributed by atoms with Crippen molar-refractivity contribution in [3.8, 4) is 0 Å². The van der Waals surface area contributed by atoms with Crippen molar-refractivity contribution in [3.05, 3.63) is 45.3 Å². The Bertz CT molecular complexity index is 917. The molecule has 2 rings (SSSR count). The Morgan fingerprint density at radius 3 is 2.31 bits per heavy atom. The number of hydrogen-bond acceptors (Lipinski definition) is 9. The summed E-state index contributed by atoms with van der Waals surface area (Å²) in [5.74, 6) is -2.00. The van der Waals surface area contributed by atoms with E-state index in [-0.39, 0.29) is 18.6 Å². The third-order valence-electron chi connectivity index (χ3n) is 4.02. The van der Waals surface area contributed by atoms with Crippen molar-refractivity contribution in [2.45, 2.75) is 51.7 Å². The molecule has 1 N–H and O–H groups in total. The summed E-state index contributed by atoms with van der Waals surface area (Å²) < 4.78 is 22.2. The van der Waals surface area contributed by atoms with Crippen LogP contribution in [0.1, 0.15) is 32.6 Å². The molecule has 0 amide bonds. The molecule has 158 valence electrons. The van der Waals surface area contributed by atoms with E-state index < -0.39 is 53.7 Å². The zero-order valence-electron chi connectivity index (χ0n) is 16.2. The van der Waals surface area contributed by atoms with Gasteiger partial charge in [0.05, 0.1) is 0 Å². The van der Waals surface area contributed by atoms with Crippen LogP contribution >= 0.6 is 0 Å². The summed E-state index contributed by atoms with van der Waals surface area (Å²) in [5.41, 5.74) is -1.20. The van der Waals surface area contributed by atoms with Crippen LogP contribution in [-0.4, -0.2) is 52.4 Å². The van der Waals surface area contributed by atoms with Crippen molar-refractivity contribution in [1.82, 2.24) is 9.55 Å². The number of H-pyrrole nitrogens is 1. The number of aromatic amines is 1. The van der Waals surface area contributed by atoms with Crippen LogP contribution in [0.4, 0.5) is 0 Å². The van der Waals surface area contributed by atoms with Crippen molar-refractivity contribution < 1.29 is 33.3 Å². The quantitative estimate of drug-likeness (QED) is 0.360. The van der Waals surface area contributed by atoms with Gasteiger partial charge >= 0.3 is 23.6 Å². The molecule has 0 radical (unpaired) electrons. The van der Waals surface area contributed by atoms with Crippen LogP contribution in [0.5, 0.6) is 0 Å². The van der Waals surface area contributed by atoms with Crippen molar-refractivity contribution in [2.24, 2.45) is 0 Å². The van der Waals surface area contributed by atoms with Gasteiger partial charge in [0.2, 0.25) is 0 Å². The molecule has 0 aliphatic carbocycles. The Morgan fingerprint density at radius 2 is 1.76 bits per heavy atom. The average Bonchev–Trinajstić information content (AvgIpc) is 2.92. The number of hydrogen-bond donors (Lipinski definition) is 1. The van der Waals surface area contributed by atoms with E-state index in [0.29, 0.717) is 0 Å². The van der Waals surface area contributed by atoms with E-state index in [1.165, 1.54) is 19.2 Å². The summed E-state index contributed by atoms with van der Waals surface area (Å²) in [6.07, 6.45) is -1.73. The molecule has 1 aromatic heterocycles. The molecule has 1 fully saturated rings. The highest BCUT2D eigenvalue weighted by atomic mass is 16.7. The number of nitrogens with one attached hydrogen (secondary N) is 1. The first-order valence-electron chi connectivity index (χ1n) is 8.72. The van der Waals surface area contributed by atoms with E-state index in [1.54, 1.807) is 0 Å². The highest BCUT2D eigenvalue weighted by Gasteiger charge is 2.51. The van der Waals surface area contributed by atoms with Gasteiger partial charge < -0.3 is 18.9 Å². The van der Waals surface area contributed by atoms with Crippen molar-refractivity contribution >= 4 is 17.9 Å². The maximum Gasteiger partial charge on any atom is 0.330 e. The van der Waals surface area contributed by atoms with Crippen LogP contribution < -0.4 is 11.2 Å². The highest BCUT2D eigenvalue weighted by molar-refractivity contribution is 5.68. The van der Waals surface area contributed by atoms with Crippen LogP contribution in [0.25, 0.3) is 0 Å². The number of esters is 3. The smallest absolute Gasteiger partial charge is 0.330 e. The minimum Gasteiger partial charge on any atom is -0.463 e. The molecule has 1 aromatic rings. The summed E-state index contributed by atoms with van der Waals surface area (Å²) in [4.78, 5) is 60.8. The van der Waals surface area contributed by atoms with Gasteiger partial charge in [0.1, 0.15) is 12.7 Å². The maximum absolute atomic E-state index is 12.4. The van der Waals surface area contributed by atoms with Gasteiger partial charge in [-0.25, -0.2) is 4.79 Å². The van der Waals surface area contributed by atoms with E-state index >= 15 is 0 Å². The average molecular weight is 410 g/mol. The van der Waals surface area contributed by atoms with Gasteiger partial charge in [-0.3, -0.25) is 28.7 Å². The van der Waals surface area contributed by atoms with Gasteiger partial charge in [-0.15, -0.1) is 6.58 Å². The minimum atomic E-state index is -1.24. The summed E-state index contributed by atoms with van der Waals surface area (Å²) in [6, 6.07) is 0. The molecule has 1 saturated heterocycles. The molecule has 11 nitrogen and oxygen atoms in total. The number of carbonyl (C=O) groups excluding carboxylic acids is 3. The predicted octanol–water partition coefficient (Wildman–Crippen LogP) is -0.411. The van der Waals surface area contributed by atoms with E-state index in [2.05, 4.69) is 11.6 Å². The van der Waals surface area contributed by atoms with E-state index in [1.807, 2.05) is 0 Å². The first-order valence-corrected chi connectivity index (χ1v) is 8.72. The third kappa shape index (κ3) is 5.41. The van der Waals surface area contributed by atoms with Gasteiger partial charge in [-0.05, 0) is 6.42 Å². The maximum atomic E-state index is 12.4. The zero-order valence-corrected chi connectivity index (χ0v) is 16.2. The summed E-state index contributed by atoms with van der Waals surface area (Å²) in [7, 11) is 0. The molecule has 0 spiro atoms. The molecule has 29 heavy (non-hydrogen) atoms. The molecule has 1 aliphatic rings. The first-order chi connectivity index (χ1) is 13.6. The lowest BCUT2D eigenvalue weighted by atomic mass is 10.1. The Balaban J connectivity index is 2.51. The molecule has 4 atom stereocenters. The Kier molecular flexibility index (Phi) is 7.10. The minimum absolute atomic E-state index is 0.171. The topological polar surface area (TPSA) is 143 Å². The lowest BCUT2D eigenvalue weighted by molar-refractivity contribution is -0.166. The van der Waals surface area contributed by atoms with Crippen molar-refractivity contribution in [2.75, 3.05) is 6.61 Å². The van der Waals surface area contributed by atoms with E-state index in [9.17, 15) is 24.0 Å². The summed E-state index contributed by atoms with van der Waals surface area (Å²) in [6.45, 7) is 6.72. The number of carbonyl (C=O) groups is 3. The number of ether oxygens (including phenoxy) is 4. The fourth-order valence-corrected chi connectivity index (χ4v) is 2.93. The largest absolute Gasteiger partial charge is 0.463 e. The Labute approximate surface area is 165 Å². The lowest BCUT2D eigenvalue weighted by Gasteiger charge is -2.24. The van der Waals surface area contributed by atoms with Crippen LogP contribution in [0, 0.1) is 0 Å². The van der Waals surface area contributed by atoms with Gasteiger partial charge in [-0.2, -0.15) is 0 Å². The molecular formula is C18H22N2O9. The lowest BCUT2D eigenvalue weighted by Crippen LogP contribution is -2.42. The number of rotatable bonds is 7.